The van der Waals surface area contributed by atoms with Crippen LogP contribution in [0, 0.1) is 0 Å². The van der Waals surface area contributed by atoms with E-state index in [0.717, 1.165) is 35.5 Å². The molecule has 0 aromatic heterocycles. The van der Waals surface area contributed by atoms with E-state index in [4.69, 9.17) is 27.6 Å². The van der Waals surface area contributed by atoms with Crippen LogP contribution in [0.25, 0.3) is 0 Å². The largest absolute Gasteiger partial charge is 0.534 e. The molecule has 0 aliphatic carbocycles. The average Bonchev–Trinajstić information content (AvgIpc) is 3.18. The molecule has 3 aromatic rings. The minimum Gasteiger partial charge on any atom is -0.490 e. The van der Waals surface area contributed by atoms with Gasteiger partial charge in [0.1, 0.15) is 24.7 Å². The van der Waals surface area contributed by atoms with Crippen molar-refractivity contribution >= 4 is 30.2 Å². The maximum Gasteiger partial charge on any atom is 0.534 e. The van der Waals surface area contributed by atoms with Crippen LogP contribution < -0.4 is 13.8 Å². The Morgan fingerprint density at radius 3 is 2.19 bits per heavy atom. The molecule has 1 amide bonds. The Morgan fingerprint density at radius 1 is 0.879 bits per heavy atom. The zero-order valence-electron chi connectivity index (χ0n) is 34.4. The summed E-state index contributed by atoms with van der Waals surface area (Å²) in [6.45, 7) is 15.3. The summed E-state index contributed by atoms with van der Waals surface area (Å²) in [5.74, 6) is -0.624. The van der Waals surface area contributed by atoms with Gasteiger partial charge in [0.2, 0.25) is 8.32 Å². The first-order chi connectivity index (χ1) is 27.5. The number of nitrogens with zero attached hydrogens (tertiary/aromatic N) is 2. The van der Waals surface area contributed by atoms with Crippen LogP contribution in [-0.2, 0) is 42.0 Å². The molecule has 11 nitrogen and oxygen atoms in total. The third-order valence-electron chi connectivity index (χ3n) is 11.1. The number of hydrogen-bond acceptors (Lipinski definition) is 10. The molecule has 0 radical (unpaired) electrons. The molecule has 2 heterocycles. The Labute approximate surface area is 341 Å². The number of halogens is 3. The summed E-state index contributed by atoms with van der Waals surface area (Å²) < 4.78 is 102. The number of carbonyl (C=O) groups excluding carboxylic acids is 1. The fourth-order valence-electron chi connectivity index (χ4n) is 8.51. The number of likely N-dealkylation sites (tertiary alicyclic amines) is 1. The fourth-order valence-corrected chi connectivity index (χ4v) is 14.6. The number of anilines is 1. The number of rotatable bonds is 17. The predicted molar refractivity (Wildman–Crippen MR) is 218 cm³/mol. The maximum atomic E-state index is 14.0. The highest BCUT2D eigenvalue weighted by Gasteiger charge is 2.53. The van der Waals surface area contributed by atoms with Crippen LogP contribution in [0.15, 0.2) is 72.8 Å². The Kier molecular flexibility index (Phi) is 15.2. The Bertz CT molecular complexity index is 1900. The number of benzene rings is 3. The van der Waals surface area contributed by atoms with E-state index < -0.39 is 53.9 Å². The quantitative estimate of drug-likeness (QED) is 0.0565. The van der Waals surface area contributed by atoms with Crippen LogP contribution >= 0.6 is 0 Å². The van der Waals surface area contributed by atoms with Gasteiger partial charge in [-0.2, -0.15) is 21.6 Å². The Hall–Kier alpha value is -3.83. The van der Waals surface area contributed by atoms with Crippen LogP contribution in [0.1, 0.15) is 70.6 Å². The van der Waals surface area contributed by atoms with Gasteiger partial charge in [0.15, 0.2) is 0 Å². The minimum absolute atomic E-state index is 0.00599. The summed E-state index contributed by atoms with van der Waals surface area (Å²) in [5, 5.41) is 0. The molecule has 1 saturated heterocycles. The molecule has 0 N–H and O–H groups in total. The molecule has 320 valence electrons. The van der Waals surface area contributed by atoms with E-state index >= 15 is 0 Å². The number of methoxy groups -OCH3 is 1. The maximum absolute atomic E-state index is 14.0. The Morgan fingerprint density at radius 2 is 1.53 bits per heavy atom. The van der Waals surface area contributed by atoms with Gasteiger partial charge in [-0.15, -0.1) is 0 Å². The van der Waals surface area contributed by atoms with Crippen molar-refractivity contribution in [1.82, 2.24) is 4.90 Å². The molecule has 2 aliphatic heterocycles. The molecule has 0 spiro atoms. The van der Waals surface area contributed by atoms with Gasteiger partial charge >= 0.3 is 21.7 Å². The Balaban J connectivity index is 1.59. The van der Waals surface area contributed by atoms with Gasteiger partial charge in [0, 0.05) is 38.3 Å². The number of para-hydroxylation sites is 1. The first kappa shape index (κ1) is 45.3. The van der Waals surface area contributed by atoms with Gasteiger partial charge in [0.05, 0.1) is 37.6 Å². The average molecular weight is 851 g/mol. The molecule has 5 rings (SSSR count). The molecule has 2 aliphatic rings. The van der Waals surface area contributed by atoms with E-state index in [1.165, 1.54) is 17.0 Å². The summed E-state index contributed by atoms with van der Waals surface area (Å²) in [6, 6.07) is 20.8. The zero-order chi connectivity index (χ0) is 42.3. The molecule has 0 saturated carbocycles. The molecule has 3 atom stereocenters. The zero-order valence-corrected chi connectivity index (χ0v) is 36.2. The molecule has 1 fully saturated rings. The number of carbonyl (C=O) groups is 1. The van der Waals surface area contributed by atoms with Gasteiger partial charge in [-0.25, -0.2) is 4.79 Å². The molecule has 16 heteroatoms. The lowest BCUT2D eigenvalue weighted by molar-refractivity contribution is -0.0668. The van der Waals surface area contributed by atoms with Gasteiger partial charge in [-0.05, 0) is 52.4 Å². The number of hydrogen-bond donors (Lipinski definition) is 0. The minimum atomic E-state index is -6.04. The third kappa shape index (κ3) is 10.5. The standard InChI is InChI=1S/C42H57F3N2O9SSi/c1-29(2)58(30(3)4,31(5)6)56-39-26-47(41(48)54-27-32-14-9-8-10-15-32)25-38(40(39)34-16-11-12-17-36(34)55-57(49,50)42(43,44)45)53-28-33-18-19-37-35(24-33)46(21-23-52-37)20-13-22-51-7/h8-12,14-19,24,29-31,38-40H,13,20-23,25-28H2,1-7H3/t38-,39+,40-/m1/s1. The molecular formula is C42H57F3N2O9SSi. The molecule has 58 heavy (non-hydrogen) atoms. The lowest BCUT2D eigenvalue weighted by atomic mass is 9.84. The first-order valence-electron chi connectivity index (χ1n) is 19.8. The highest BCUT2D eigenvalue weighted by Crippen LogP contribution is 2.47. The topological polar surface area (TPSA) is 113 Å². The van der Waals surface area contributed by atoms with E-state index in [1.807, 2.05) is 48.5 Å². The van der Waals surface area contributed by atoms with Crippen LogP contribution in [0.4, 0.5) is 23.7 Å². The normalized spacial score (nSPS) is 19.0. The van der Waals surface area contributed by atoms with Gasteiger partial charge in [0.25, 0.3) is 0 Å². The number of fused-ring (bicyclic) bond motifs is 1. The fraction of sp³-hybridized carbons (Fsp3) is 0.548. The van der Waals surface area contributed by atoms with Crippen molar-refractivity contribution < 1.29 is 53.9 Å². The molecular weight excluding hydrogens is 794 g/mol. The number of amides is 1. The van der Waals surface area contributed by atoms with E-state index in [-0.39, 0.29) is 48.5 Å². The van der Waals surface area contributed by atoms with Crippen molar-refractivity contribution in [1.29, 1.82) is 0 Å². The highest BCUT2D eigenvalue weighted by atomic mass is 32.2. The summed E-state index contributed by atoms with van der Waals surface area (Å²) in [5.41, 5.74) is -2.75. The van der Waals surface area contributed by atoms with E-state index in [2.05, 4.69) is 46.4 Å². The molecule has 0 unspecified atom stereocenters. The van der Waals surface area contributed by atoms with Crippen molar-refractivity contribution in [2.75, 3.05) is 51.4 Å². The number of alkyl halides is 3. The lowest BCUT2D eigenvalue weighted by Crippen LogP contribution is -2.59. The predicted octanol–water partition coefficient (Wildman–Crippen LogP) is 9.03. The van der Waals surface area contributed by atoms with Crippen LogP contribution in [0.3, 0.4) is 0 Å². The van der Waals surface area contributed by atoms with Crippen molar-refractivity contribution in [2.45, 2.75) is 101 Å². The number of ether oxygens (including phenoxy) is 4. The summed E-state index contributed by atoms with van der Waals surface area (Å²) >= 11 is 0. The van der Waals surface area contributed by atoms with E-state index in [9.17, 15) is 26.4 Å². The van der Waals surface area contributed by atoms with Crippen molar-refractivity contribution in [3.05, 3.63) is 89.5 Å². The van der Waals surface area contributed by atoms with E-state index in [1.54, 1.807) is 19.2 Å². The van der Waals surface area contributed by atoms with Crippen LogP contribution in [-0.4, -0.2) is 91.9 Å². The smallest absolute Gasteiger partial charge is 0.490 e. The van der Waals surface area contributed by atoms with Gasteiger partial charge < -0.3 is 37.4 Å². The second-order valence-corrected chi connectivity index (χ2v) is 22.7. The van der Waals surface area contributed by atoms with Crippen LogP contribution in [0.2, 0.25) is 16.6 Å². The highest BCUT2D eigenvalue weighted by molar-refractivity contribution is 7.88. The SMILES string of the molecule is COCCCN1CCOc2ccc(CO[C@@H]3CN(C(=O)OCc4ccccc4)C[C@H](O[Si](C(C)C)(C(C)C)C(C)C)[C@@H]3c3ccccc3OS(=O)(=O)C(F)(F)F)cc21. The summed E-state index contributed by atoms with van der Waals surface area (Å²) in [6.07, 6.45) is -1.56. The second-order valence-electron chi connectivity index (χ2n) is 15.8. The number of piperidine rings is 1. The van der Waals surface area contributed by atoms with E-state index in [0.29, 0.717) is 19.8 Å². The first-order valence-corrected chi connectivity index (χ1v) is 23.4. The van der Waals surface area contributed by atoms with Crippen LogP contribution in [0.5, 0.6) is 11.5 Å². The van der Waals surface area contributed by atoms with Crippen molar-refractivity contribution in [3.8, 4) is 11.5 Å². The van der Waals surface area contributed by atoms with Crippen molar-refractivity contribution in [3.63, 3.8) is 0 Å². The third-order valence-corrected chi connectivity index (χ3v) is 18.2. The van der Waals surface area contributed by atoms with Crippen molar-refractivity contribution in [2.24, 2.45) is 0 Å². The summed E-state index contributed by atoms with van der Waals surface area (Å²) in [4.78, 5) is 17.7. The second kappa shape index (κ2) is 19.5. The molecule has 3 aromatic carbocycles. The van der Waals surface area contributed by atoms with Gasteiger partial charge in [-0.3, -0.25) is 0 Å². The lowest BCUT2D eigenvalue weighted by Gasteiger charge is -2.50. The summed E-state index contributed by atoms with van der Waals surface area (Å²) in [7, 11) is -7.15. The van der Waals surface area contributed by atoms with Gasteiger partial charge in [-0.1, -0.05) is 96.1 Å². The molecule has 0 bridgehead atoms. The monoisotopic (exact) mass is 850 g/mol.